The number of hydrogen-bond acceptors (Lipinski definition) is 3. The van der Waals surface area contributed by atoms with Crippen LogP contribution in [0.4, 0.5) is 11.6 Å². The molecule has 0 atom stereocenters. The molecule has 0 aliphatic carbocycles. The zero-order valence-electron chi connectivity index (χ0n) is 10.9. The molecule has 5 heteroatoms. The molecule has 1 aliphatic heterocycles. The summed E-state index contributed by atoms with van der Waals surface area (Å²) in [7, 11) is 0. The fourth-order valence-corrected chi connectivity index (χ4v) is 3.01. The van der Waals surface area contributed by atoms with Gasteiger partial charge >= 0.3 is 0 Å². The van der Waals surface area contributed by atoms with Gasteiger partial charge in [0, 0.05) is 24.2 Å². The minimum absolute atomic E-state index is 0.679. The second-order valence-electron chi connectivity index (χ2n) is 4.73. The van der Waals surface area contributed by atoms with Gasteiger partial charge in [-0.25, -0.2) is 0 Å². The Morgan fingerprint density at radius 3 is 2.80 bits per heavy atom. The maximum absolute atomic E-state index is 5.93. The zero-order valence-corrected chi connectivity index (χ0v) is 13.2. The largest absolute Gasteiger partial charge is 0.438 e. The van der Waals surface area contributed by atoms with Crippen molar-refractivity contribution in [3.63, 3.8) is 0 Å². The highest BCUT2D eigenvalue weighted by molar-refractivity contribution is 9.10. The van der Waals surface area contributed by atoms with E-state index in [2.05, 4.69) is 25.8 Å². The van der Waals surface area contributed by atoms with Crippen molar-refractivity contribution in [2.45, 2.75) is 12.8 Å². The van der Waals surface area contributed by atoms with Crippen molar-refractivity contribution in [1.29, 1.82) is 0 Å². The van der Waals surface area contributed by atoms with Crippen LogP contribution in [0.15, 0.2) is 44.2 Å². The van der Waals surface area contributed by atoms with Gasteiger partial charge in [0.05, 0.1) is 16.4 Å². The van der Waals surface area contributed by atoms with Crippen LogP contribution in [0.3, 0.4) is 0 Å². The third kappa shape index (κ3) is 3.07. The molecule has 104 valence electrons. The van der Waals surface area contributed by atoms with Gasteiger partial charge in [0.15, 0.2) is 0 Å². The minimum atomic E-state index is 0.679. The molecule has 3 nitrogen and oxygen atoms in total. The number of nitrogens with zero attached hydrogens (tertiary/aromatic N) is 2. The first-order valence-electron chi connectivity index (χ1n) is 6.56. The number of benzene rings is 1. The Kier molecular flexibility index (Phi) is 4.13. The summed E-state index contributed by atoms with van der Waals surface area (Å²) in [5.74, 6) is 1.63. The Morgan fingerprint density at radius 2 is 2.05 bits per heavy atom. The van der Waals surface area contributed by atoms with Gasteiger partial charge in [-0.3, -0.25) is 4.99 Å². The molecular weight excluding hydrogens is 340 g/mol. The van der Waals surface area contributed by atoms with Crippen molar-refractivity contribution < 1.29 is 4.42 Å². The Bertz CT molecular complexity index is 633. The molecule has 0 bridgehead atoms. The van der Waals surface area contributed by atoms with Gasteiger partial charge in [-0.05, 0) is 47.0 Å². The number of furan rings is 1. The van der Waals surface area contributed by atoms with Gasteiger partial charge in [0.25, 0.3) is 0 Å². The van der Waals surface area contributed by atoms with E-state index in [0.29, 0.717) is 5.02 Å². The van der Waals surface area contributed by atoms with Crippen molar-refractivity contribution in [2.24, 2.45) is 4.99 Å². The number of rotatable bonds is 3. The van der Waals surface area contributed by atoms with Gasteiger partial charge in [0.1, 0.15) is 5.76 Å². The summed E-state index contributed by atoms with van der Waals surface area (Å²) < 4.78 is 6.83. The van der Waals surface area contributed by atoms with Crippen molar-refractivity contribution in [2.75, 3.05) is 18.0 Å². The Hall–Kier alpha value is -1.26. The van der Waals surface area contributed by atoms with Crippen LogP contribution in [0, 0.1) is 0 Å². The van der Waals surface area contributed by atoms with Crippen LogP contribution in [-0.4, -0.2) is 19.3 Å². The topological polar surface area (TPSA) is 28.7 Å². The molecule has 1 saturated heterocycles. The fourth-order valence-electron chi connectivity index (χ4n) is 2.27. The molecule has 0 radical (unpaired) electrons. The molecule has 1 aromatic carbocycles. The highest BCUT2D eigenvalue weighted by Crippen LogP contribution is 2.32. The third-order valence-corrected chi connectivity index (χ3v) is 4.03. The highest BCUT2D eigenvalue weighted by atomic mass is 79.9. The van der Waals surface area contributed by atoms with Crippen molar-refractivity contribution in [3.8, 4) is 0 Å². The average molecular weight is 354 g/mol. The lowest BCUT2D eigenvalue weighted by atomic mass is 10.3. The van der Waals surface area contributed by atoms with E-state index in [0.717, 1.165) is 34.9 Å². The molecule has 3 rings (SSSR count). The van der Waals surface area contributed by atoms with Gasteiger partial charge < -0.3 is 9.32 Å². The summed E-state index contributed by atoms with van der Waals surface area (Å²) in [6.07, 6.45) is 4.16. The van der Waals surface area contributed by atoms with Gasteiger partial charge in [-0.2, -0.15) is 0 Å². The molecule has 0 saturated carbocycles. The SMILES string of the molecule is Clc1cccc(N=Cc2cc(Br)c(N3CCCC3)o2)c1. The summed E-state index contributed by atoms with van der Waals surface area (Å²) in [4.78, 5) is 6.63. The average Bonchev–Trinajstić information content (AvgIpc) is 3.05. The van der Waals surface area contributed by atoms with Crippen LogP contribution in [0.25, 0.3) is 0 Å². The van der Waals surface area contributed by atoms with Crippen LogP contribution in [0.1, 0.15) is 18.6 Å². The first kappa shape index (κ1) is 13.7. The van der Waals surface area contributed by atoms with E-state index in [9.17, 15) is 0 Å². The summed E-state index contributed by atoms with van der Waals surface area (Å²) in [5, 5.41) is 0.679. The molecule has 1 aliphatic rings. The highest BCUT2D eigenvalue weighted by Gasteiger charge is 2.19. The molecule has 20 heavy (non-hydrogen) atoms. The van der Waals surface area contributed by atoms with E-state index >= 15 is 0 Å². The first-order valence-corrected chi connectivity index (χ1v) is 7.73. The smallest absolute Gasteiger partial charge is 0.210 e. The van der Waals surface area contributed by atoms with Crippen LogP contribution >= 0.6 is 27.5 Å². The predicted molar refractivity (Wildman–Crippen MR) is 86.6 cm³/mol. The Balaban J connectivity index is 1.79. The number of anilines is 1. The van der Waals surface area contributed by atoms with E-state index in [4.69, 9.17) is 16.0 Å². The van der Waals surface area contributed by atoms with Crippen LogP contribution in [-0.2, 0) is 0 Å². The van der Waals surface area contributed by atoms with E-state index in [-0.39, 0.29) is 0 Å². The molecule has 0 unspecified atom stereocenters. The van der Waals surface area contributed by atoms with Crippen LogP contribution < -0.4 is 4.90 Å². The summed E-state index contributed by atoms with van der Waals surface area (Å²) in [5.41, 5.74) is 0.813. The minimum Gasteiger partial charge on any atom is -0.438 e. The van der Waals surface area contributed by atoms with E-state index in [1.807, 2.05) is 30.3 Å². The standard InChI is InChI=1S/C15H14BrClN2O/c16-14-9-13(20-15(14)19-6-1-2-7-19)10-18-12-5-3-4-11(17)8-12/h3-5,8-10H,1-2,6-7H2. The normalized spacial score (nSPS) is 15.4. The molecule has 2 heterocycles. The molecule has 0 N–H and O–H groups in total. The lowest BCUT2D eigenvalue weighted by Gasteiger charge is -2.13. The monoisotopic (exact) mass is 352 g/mol. The Labute approximate surface area is 131 Å². The van der Waals surface area contributed by atoms with Gasteiger partial charge in [-0.15, -0.1) is 0 Å². The second-order valence-corrected chi connectivity index (χ2v) is 6.02. The van der Waals surface area contributed by atoms with E-state index in [1.54, 1.807) is 6.21 Å². The van der Waals surface area contributed by atoms with E-state index in [1.165, 1.54) is 12.8 Å². The van der Waals surface area contributed by atoms with Gasteiger partial charge in [-0.1, -0.05) is 17.7 Å². The van der Waals surface area contributed by atoms with Crippen LogP contribution in [0.5, 0.6) is 0 Å². The van der Waals surface area contributed by atoms with Crippen molar-refractivity contribution >= 4 is 45.3 Å². The van der Waals surface area contributed by atoms with Gasteiger partial charge in [0.2, 0.25) is 5.88 Å². The molecule has 0 amide bonds. The quantitative estimate of drug-likeness (QED) is 0.723. The summed E-state index contributed by atoms with van der Waals surface area (Å²) in [6, 6.07) is 9.37. The molecular formula is C15H14BrClN2O. The molecule has 2 aromatic rings. The predicted octanol–water partition coefficient (Wildman–Crippen LogP) is 5.05. The zero-order chi connectivity index (χ0) is 13.9. The molecule has 1 fully saturated rings. The lowest BCUT2D eigenvalue weighted by molar-refractivity contribution is 0.549. The maximum Gasteiger partial charge on any atom is 0.210 e. The van der Waals surface area contributed by atoms with Crippen molar-refractivity contribution in [3.05, 3.63) is 45.6 Å². The Morgan fingerprint density at radius 1 is 1.25 bits per heavy atom. The van der Waals surface area contributed by atoms with Crippen molar-refractivity contribution in [1.82, 2.24) is 0 Å². The summed E-state index contributed by atoms with van der Waals surface area (Å²) in [6.45, 7) is 2.11. The first-order chi connectivity index (χ1) is 9.72. The lowest BCUT2D eigenvalue weighted by Crippen LogP contribution is -2.17. The molecule has 0 spiro atoms. The maximum atomic E-state index is 5.93. The van der Waals surface area contributed by atoms with E-state index < -0.39 is 0 Å². The number of aliphatic imine (C=N–C) groups is 1. The number of halogens is 2. The molecule has 1 aromatic heterocycles. The third-order valence-electron chi connectivity index (χ3n) is 3.23. The fraction of sp³-hybridized carbons (Fsp3) is 0.267. The second kappa shape index (κ2) is 6.02. The van der Waals surface area contributed by atoms with Crippen LogP contribution in [0.2, 0.25) is 5.02 Å². The number of hydrogen-bond donors (Lipinski definition) is 0. The summed E-state index contributed by atoms with van der Waals surface area (Å²) >= 11 is 9.48.